The molecule has 4 heteroatoms. The normalized spacial score (nSPS) is 10.7. The van der Waals surface area contributed by atoms with Gasteiger partial charge >= 0.3 is 0 Å². The first-order valence-corrected chi connectivity index (χ1v) is 6.92. The minimum atomic E-state index is -0.691. The Morgan fingerprint density at radius 1 is 1.10 bits per heavy atom. The van der Waals surface area contributed by atoms with E-state index in [2.05, 4.69) is 15.9 Å². The Kier molecular flexibility index (Phi) is 4.33. The van der Waals surface area contributed by atoms with Crippen molar-refractivity contribution in [3.05, 3.63) is 68.7 Å². The Balaban J connectivity index is 2.34. The molecule has 0 aliphatic carbocycles. The number of hydrogen-bond acceptors (Lipinski definition) is 1. The van der Waals surface area contributed by atoms with Gasteiger partial charge in [0.15, 0.2) is 5.78 Å². The molecule has 2 aromatic rings. The summed E-state index contributed by atoms with van der Waals surface area (Å²) in [6, 6.07) is 7.04. The first-order valence-electron chi connectivity index (χ1n) is 6.13. The molecule has 0 saturated heterocycles. The Morgan fingerprint density at radius 2 is 1.60 bits per heavy atom. The minimum Gasteiger partial charge on any atom is -0.294 e. The van der Waals surface area contributed by atoms with E-state index >= 15 is 0 Å². The molecule has 0 amide bonds. The highest BCUT2D eigenvalue weighted by Gasteiger charge is 2.15. The van der Waals surface area contributed by atoms with Crippen molar-refractivity contribution < 1.29 is 13.6 Å². The van der Waals surface area contributed by atoms with Crippen molar-refractivity contribution in [3.63, 3.8) is 0 Å². The molecule has 0 N–H and O–H groups in total. The third-order valence-corrected chi connectivity index (χ3v) is 4.41. The molecule has 2 aromatic carbocycles. The summed E-state index contributed by atoms with van der Waals surface area (Å²) < 4.78 is 28.0. The third-order valence-electron chi connectivity index (χ3n) is 3.16. The molecule has 0 atom stereocenters. The van der Waals surface area contributed by atoms with Crippen LogP contribution in [0.15, 0.2) is 34.8 Å². The van der Waals surface area contributed by atoms with Crippen molar-refractivity contribution in [1.29, 1.82) is 0 Å². The van der Waals surface area contributed by atoms with Crippen LogP contribution in [0.5, 0.6) is 0 Å². The fraction of sp³-hybridized carbons (Fsp3) is 0.188. The Labute approximate surface area is 124 Å². The van der Waals surface area contributed by atoms with Crippen LogP contribution in [0.2, 0.25) is 0 Å². The summed E-state index contributed by atoms with van der Waals surface area (Å²) in [4.78, 5) is 12.2. The Hall–Kier alpha value is -1.55. The summed E-state index contributed by atoms with van der Waals surface area (Å²) in [6.07, 6.45) is -0.279. The van der Waals surface area contributed by atoms with E-state index in [1.165, 1.54) is 6.07 Å². The minimum absolute atomic E-state index is 0.185. The summed E-state index contributed by atoms with van der Waals surface area (Å²) in [5.74, 6) is -1.68. The van der Waals surface area contributed by atoms with E-state index in [0.29, 0.717) is 5.56 Å². The molecule has 104 valence electrons. The van der Waals surface area contributed by atoms with Gasteiger partial charge in [-0.25, -0.2) is 8.78 Å². The second-order valence-corrected chi connectivity index (χ2v) is 5.52. The molecule has 2 rings (SSSR count). The van der Waals surface area contributed by atoms with Crippen LogP contribution >= 0.6 is 15.9 Å². The van der Waals surface area contributed by atoms with Crippen molar-refractivity contribution in [2.75, 3.05) is 0 Å². The molecular formula is C16H13BrF2O. The van der Waals surface area contributed by atoms with Crippen molar-refractivity contribution in [1.82, 2.24) is 0 Å². The summed E-state index contributed by atoms with van der Waals surface area (Å²) in [5.41, 5.74) is 2.12. The fourth-order valence-corrected chi connectivity index (χ4v) is 2.30. The molecule has 0 aromatic heterocycles. The van der Waals surface area contributed by atoms with Crippen LogP contribution in [-0.4, -0.2) is 5.78 Å². The van der Waals surface area contributed by atoms with E-state index < -0.39 is 11.6 Å². The number of carbonyl (C=O) groups is 1. The van der Waals surface area contributed by atoms with Crippen LogP contribution in [0.4, 0.5) is 8.78 Å². The van der Waals surface area contributed by atoms with E-state index in [9.17, 15) is 13.6 Å². The number of hydrogen-bond donors (Lipinski definition) is 0. The molecule has 0 aliphatic heterocycles. The van der Waals surface area contributed by atoms with Gasteiger partial charge in [-0.05, 0) is 49.2 Å². The van der Waals surface area contributed by atoms with Crippen molar-refractivity contribution in [2.45, 2.75) is 20.3 Å². The van der Waals surface area contributed by atoms with Gasteiger partial charge in [-0.15, -0.1) is 0 Å². The maximum absolute atomic E-state index is 13.5. The predicted molar refractivity (Wildman–Crippen MR) is 78.0 cm³/mol. The topological polar surface area (TPSA) is 17.1 Å². The van der Waals surface area contributed by atoms with Crippen LogP contribution in [-0.2, 0) is 6.42 Å². The summed E-state index contributed by atoms with van der Waals surface area (Å²) in [7, 11) is 0. The van der Waals surface area contributed by atoms with Gasteiger partial charge in [0, 0.05) is 22.0 Å². The van der Waals surface area contributed by atoms with Gasteiger partial charge < -0.3 is 0 Å². The zero-order valence-corrected chi connectivity index (χ0v) is 12.7. The predicted octanol–water partition coefficient (Wildman–Crippen LogP) is 4.77. The number of carbonyl (C=O) groups excluding carboxylic acids is 1. The standard InChI is InChI=1S/C16H13BrF2O/c1-9-6-11(7-10(2)16(9)17)15(20)8-12-13(18)4-3-5-14(12)19/h3-7H,8H2,1-2H3. The van der Waals surface area contributed by atoms with Gasteiger partial charge in [-0.1, -0.05) is 22.0 Å². The quantitative estimate of drug-likeness (QED) is 0.736. The number of Topliss-reactive ketones (excluding diaryl/α,β-unsaturated/α-hetero) is 1. The van der Waals surface area contributed by atoms with E-state index in [1.807, 2.05) is 13.8 Å². The first kappa shape index (κ1) is 14.9. The highest BCUT2D eigenvalue weighted by molar-refractivity contribution is 9.10. The van der Waals surface area contributed by atoms with Crippen LogP contribution in [0.3, 0.4) is 0 Å². The van der Waals surface area contributed by atoms with Crippen molar-refractivity contribution >= 4 is 21.7 Å². The second kappa shape index (κ2) is 5.83. The van der Waals surface area contributed by atoms with Crippen LogP contribution in [0, 0.1) is 25.5 Å². The molecule has 0 unspecified atom stereocenters. The zero-order valence-electron chi connectivity index (χ0n) is 11.1. The maximum Gasteiger partial charge on any atom is 0.167 e. The lowest BCUT2D eigenvalue weighted by molar-refractivity contribution is 0.0990. The van der Waals surface area contributed by atoms with E-state index in [1.54, 1.807) is 12.1 Å². The van der Waals surface area contributed by atoms with E-state index in [0.717, 1.165) is 27.7 Å². The molecule has 0 heterocycles. The largest absolute Gasteiger partial charge is 0.294 e. The molecule has 0 spiro atoms. The Morgan fingerprint density at radius 3 is 2.10 bits per heavy atom. The second-order valence-electron chi connectivity index (χ2n) is 4.72. The van der Waals surface area contributed by atoms with Gasteiger partial charge in [-0.3, -0.25) is 4.79 Å². The molecule has 20 heavy (non-hydrogen) atoms. The van der Waals surface area contributed by atoms with Crippen LogP contribution in [0.25, 0.3) is 0 Å². The van der Waals surface area contributed by atoms with Crippen molar-refractivity contribution in [3.8, 4) is 0 Å². The van der Waals surface area contributed by atoms with Crippen LogP contribution < -0.4 is 0 Å². The first-order chi connectivity index (χ1) is 9.40. The van der Waals surface area contributed by atoms with Crippen molar-refractivity contribution in [2.24, 2.45) is 0 Å². The summed E-state index contributed by atoms with van der Waals surface area (Å²) in [5, 5.41) is 0. The lowest BCUT2D eigenvalue weighted by Crippen LogP contribution is -2.08. The average Bonchev–Trinajstić information content (AvgIpc) is 2.39. The number of rotatable bonds is 3. The molecule has 0 radical (unpaired) electrons. The third kappa shape index (κ3) is 2.96. The summed E-state index contributed by atoms with van der Waals surface area (Å²) >= 11 is 3.42. The number of ketones is 1. The molecule has 1 nitrogen and oxygen atoms in total. The monoisotopic (exact) mass is 338 g/mol. The molecule has 0 saturated carbocycles. The van der Waals surface area contributed by atoms with Gasteiger partial charge in [0.05, 0.1) is 0 Å². The number of benzene rings is 2. The maximum atomic E-state index is 13.5. The van der Waals surface area contributed by atoms with Crippen LogP contribution in [0.1, 0.15) is 27.0 Å². The lowest BCUT2D eigenvalue weighted by atomic mass is 9.99. The Bertz CT molecular complexity index is 637. The van der Waals surface area contributed by atoms with Gasteiger partial charge in [0.25, 0.3) is 0 Å². The highest BCUT2D eigenvalue weighted by atomic mass is 79.9. The number of aryl methyl sites for hydroxylation is 2. The molecular weight excluding hydrogens is 326 g/mol. The zero-order chi connectivity index (χ0) is 14.9. The van der Waals surface area contributed by atoms with E-state index in [-0.39, 0.29) is 17.8 Å². The van der Waals surface area contributed by atoms with Gasteiger partial charge in [-0.2, -0.15) is 0 Å². The van der Waals surface area contributed by atoms with E-state index in [4.69, 9.17) is 0 Å². The average molecular weight is 339 g/mol. The molecule has 0 fully saturated rings. The molecule has 0 bridgehead atoms. The van der Waals surface area contributed by atoms with Gasteiger partial charge in [0.2, 0.25) is 0 Å². The lowest BCUT2D eigenvalue weighted by Gasteiger charge is -2.08. The SMILES string of the molecule is Cc1cc(C(=O)Cc2c(F)cccc2F)cc(C)c1Br. The summed E-state index contributed by atoms with van der Waals surface area (Å²) in [6.45, 7) is 3.75. The fourth-order valence-electron chi connectivity index (χ4n) is 2.07. The highest BCUT2D eigenvalue weighted by Crippen LogP contribution is 2.24. The smallest absolute Gasteiger partial charge is 0.167 e. The van der Waals surface area contributed by atoms with Gasteiger partial charge in [0.1, 0.15) is 11.6 Å². The number of halogens is 3. The molecule has 0 aliphatic rings.